The van der Waals surface area contributed by atoms with Crippen LogP contribution in [-0.2, 0) is 11.3 Å². The molecule has 0 saturated carbocycles. The number of hydrogen-bond donors (Lipinski definition) is 0. The van der Waals surface area contributed by atoms with Crippen molar-refractivity contribution in [2.45, 2.75) is 6.54 Å². The van der Waals surface area contributed by atoms with Gasteiger partial charge in [0.15, 0.2) is 0 Å². The first-order valence-corrected chi connectivity index (χ1v) is 7.81. The molecule has 0 fully saturated rings. The average Bonchev–Trinajstić information content (AvgIpc) is 2.58. The van der Waals surface area contributed by atoms with E-state index in [4.69, 9.17) is 0 Å². The zero-order valence-corrected chi connectivity index (χ0v) is 14.0. The molecule has 0 aliphatic carbocycles. The second-order valence-electron chi connectivity index (χ2n) is 5.77. The summed E-state index contributed by atoms with van der Waals surface area (Å²) < 4.78 is 13.9. The van der Waals surface area contributed by atoms with Gasteiger partial charge in [-0.25, -0.2) is 4.39 Å². The SMILES string of the molecule is CN(C)CCN(Cc1ccccc1F)C(=O)C=Cc1cccnc1. The summed E-state index contributed by atoms with van der Waals surface area (Å²) in [5.74, 6) is -0.444. The first kappa shape index (κ1) is 17.8. The predicted molar refractivity (Wildman–Crippen MR) is 93.6 cm³/mol. The normalized spacial score (nSPS) is 11.2. The van der Waals surface area contributed by atoms with Gasteiger partial charge in [-0.15, -0.1) is 0 Å². The minimum absolute atomic E-state index is 0.149. The third-order valence-electron chi connectivity index (χ3n) is 3.55. The van der Waals surface area contributed by atoms with Crippen LogP contribution >= 0.6 is 0 Å². The Morgan fingerprint density at radius 2 is 1.96 bits per heavy atom. The Balaban J connectivity index is 2.11. The molecule has 0 bridgehead atoms. The first-order valence-electron chi connectivity index (χ1n) is 7.81. The third-order valence-corrected chi connectivity index (χ3v) is 3.55. The van der Waals surface area contributed by atoms with Crippen molar-refractivity contribution in [3.8, 4) is 0 Å². The Bertz CT molecular complexity index is 686. The highest BCUT2D eigenvalue weighted by Crippen LogP contribution is 2.11. The maximum Gasteiger partial charge on any atom is 0.246 e. The number of amides is 1. The zero-order valence-electron chi connectivity index (χ0n) is 14.0. The molecular formula is C19H22FN3O. The predicted octanol–water partition coefficient (Wildman–Crippen LogP) is 2.82. The van der Waals surface area contributed by atoms with E-state index >= 15 is 0 Å². The zero-order chi connectivity index (χ0) is 17.4. The van der Waals surface area contributed by atoms with Crippen molar-refractivity contribution in [3.63, 3.8) is 0 Å². The molecular weight excluding hydrogens is 305 g/mol. The summed E-state index contributed by atoms with van der Waals surface area (Å²) in [5, 5.41) is 0. The van der Waals surface area contributed by atoms with Crippen LogP contribution in [0.4, 0.5) is 4.39 Å². The molecule has 24 heavy (non-hydrogen) atoms. The molecule has 1 heterocycles. The Kier molecular flexibility index (Phi) is 6.63. The van der Waals surface area contributed by atoms with Gasteiger partial charge in [0.2, 0.25) is 5.91 Å². The van der Waals surface area contributed by atoms with Gasteiger partial charge < -0.3 is 9.80 Å². The van der Waals surface area contributed by atoms with Gasteiger partial charge in [0.1, 0.15) is 5.82 Å². The van der Waals surface area contributed by atoms with Gasteiger partial charge in [-0.2, -0.15) is 0 Å². The first-order chi connectivity index (χ1) is 11.6. The lowest BCUT2D eigenvalue weighted by Gasteiger charge is -2.23. The largest absolute Gasteiger partial charge is 0.333 e. The van der Waals surface area contributed by atoms with Crippen LogP contribution in [0.2, 0.25) is 0 Å². The van der Waals surface area contributed by atoms with Crippen molar-refractivity contribution >= 4 is 12.0 Å². The van der Waals surface area contributed by atoms with Crippen molar-refractivity contribution in [1.29, 1.82) is 0 Å². The van der Waals surface area contributed by atoms with Crippen LogP contribution in [0.1, 0.15) is 11.1 Å². The van der Waals surface area contributed by atoms with Crippen LogP contribution in [0, 0.1) is 5.82 Å². The smallest absolute Gasteiger partial charge is 0.246 e. The van der Waals surface area contributed by atoms with E-state index in [1.807, 2.05) is 31.1 Å². The van der Waals surface area contributed by atoms with Crippen molar-refractivity contribution in [3.05, 3.63) is 71.8 Å². The lowest BCUT2D eigenvalue weighted by molar-refractivity contribution is -0.126. The van der Waals surface area contributed by atoms with Gasteiger partial charge in [-0.3, -0.25) is 9.78 Å². The van der Waals surface area contributed by atoms with E-state index in [0.29, 0.717) is 18.7 Å². The molecule has 2 aromatic rings. The highest BCUT2D eigenvalue weighted by atomic mass is 19.1. The summed E-state index contributed by atoms with van der Waals surface area (Å²) in [5.41, 5.74) is 1.36. The van der Waals surface area contributed by atoms with Crippen LogP contribution in [0.3, 0.4) is 0 Å². The van der Waals surface area contributed by atoms with E-state index in [0.717, 1.165) is 5.56 Å². The molecule has 0 saturated heterocycles. The Hall–Kier alpha value is -2.53. The van der Waals surface area contributed by atoms with Gasteiger partial charge in [0.05, 0.1) is 0 Å². The van der Waals surface area contributed by atoms with E-state index < -0.39 is 0 Å². The van der Waals surface area contributed by atoms with Crippen molar-refractivity contribution in [2.75, 3.05) is 27.2 Å². The quantitative estimate of drug-likeness (QED) is 0.734. The maximum absolute atomic E-state index is 13.9. The topological polar surface area (TPSA) is 36.4 Å². The molecule has 0 N–H and O–H groups in total. The molecule has 1 aromatic carbocycles. The Labute approximate surface area is 142 Å². The van der Waals surface area contributed by atoms with Gasteiger partial charge in [0, 0.05) is 43.7 Å². The van der Waals surface area contributed by atoms with Crippen LogP contribution in [0.15, 0.2) is 54.9 Å². The summed E-state index contributed by atoms with van der Waals surface area (Å²) in [6.45, 7) is 1.48. The van der Waals surface area contributed by atoms with Crippen LogP contribution in [0.5, 0.6) is 0 Å². The molecule has 1 amide bonds. The van der Waals surface area contributed by atoms with E-state index in [9.17, 15) is 9.18 Å². The summed E-state index contributed by atoms with van der Waals surface area (Å²) in [6.07, 6.45) is 6.60. The lowest BCUT2D eigenvalue weighted by atomic mass is 10.2. The number of nitrogens with zero attached hydrogens (tertiary/aromatic N) is 3. The molecule has 2 rings (SSSR count). The van der Waals surface area contributed by atoms with E-state index in [2.05, 4.69) is 4.98 Å². The van der Waals surface area contributed by atoms with Gasteiger partial charge >= 0.3 is 0 Å². The minimum Gasteiger partial charge on any atom is -0.333 e. The second kappa shape index (κ2) is 8.93. The van der Waals surface area contributed by atoms with Crippen LogP contribution < -0.4 is 0 Å². The molecule has 0 atom stereocenters. The van der Waals surface area contributed by atoms with Crippen LogP contribution in [-0.4, -0.2) is 47.9 Å². The molecule has 0 radical (unpaired) electrons. The fraction of sp³-hybridized carbons (Fsp3) is 0.263. The van der Waals surface area contributed by atoms with Crippen molar-refractivity contribution < 1.29 is 9.18 Å². The van der Waals surface area contributed by atoms with E-state index in [-0.39, 0.29) is 18.3 Å². The summed E-state index contributed by atoms with van der Waals surface area (Å²) in [6, 6.07) is 10.2. The fourth-order valence-corrected chi connectivity index (χ4v) is 2.17. The minimum atomic E-state index is -0.295. The Morgan fingerprint density at radius 3 is 2.62 bits per heavy atom. The molecule has 1 aromatic heterocycles. The number of halogens is 1. The fourth-order valence-electron chi connectivity index (χ4n) is 2.17. The lowest BCUT2D eigenvalue weighted by Crippen LogP contribution is -2.35. The molecule has 5 heteroatoms. The summed E-state index contributed by atoms with van der Waals surface area (Å²) >= 11 is 0. The molecule has 0 spiro atoms. The van der Waals surface area contributed by atoms with Gasteiger partial charge in [-0.1, -0.05) is 24.3 Å². The number of rotatable bonds is 7. The van der Waals surface area contributed by atoms with Gasteiger partial charge in [-0.05, 0) is 37.9 Å². The highest BCUT2D eigenvalue weighted by Gasteiger charge is 2.13. The molecule has 4 nitrogen and oxygen atoms in total. The third kappa shape index (κ3) is 5.59. The molecule has 0 aliphatic heterocycles. The van der Waals surface area contributed by atoms with E-state index in [1.54, 1.807) is 41.6 Å². The van der Waals surface area contributed by atoms with Crippen molar-refractivity contribution in [2.24, 2.45) is 0 Å². The number of pyridine rings is 1. The number of carbonyl (C=O) groups excluding carboxylic acids is 1. The molecule has 126 valence electrons. The number of benzene rings is 1. The van der Waals surface area contributed by atoms with Gasteiger partial charge in [0.25, 0.3) is 0 Å². The van der Waals surface area contributed by atoms with Crippen molar-refractivity contribution in [1.82, 2.24) is 14.8 Å². The molecule has 0 aliphatic rings. The number of likely N-dealkylation sites (N-methyl/N-ethyl adjacent to an activating group) is 1. The monoisotopic (exact) mass is 327 g/mol. The van der Waals surface area contributed by atoms with E-state index in [1.165, 1.54) is 12.1 Å². The summed E-state index contributed by atoms with van der Waals surface area (Å²) in [7, 11) is 3.88. The standard InChI is InChI=1S/C19H22FN3O/c1-22(2)12-13-23(15-17-7-3-4-8-18(17)20)19(24)10-9-16-6-5-11-21-14-16/h3-11,14H,12-13,15H2,1-2H3. The summed E-state index contributed by atoms with van der Waals surface area (Å²) in [4.78, 5) is 20.2. The Morgan fingerprint density at radius 1 is 1.17 bits per heavy atom. The number of carbonyl (C=O) groups is 1. The second-order valence-corrected chi connectivity index (χ2v) is 5.77. The number of aromatic nitrogens is 1. The highest BCUT2D eigenvalue weighted by molar-refractivity contribution is 5.91. The number of hydrogen-bond acceptors (Lipinski definition) is 3. The average molecular weight is 327 g/mol. The molecule has 0 unspecified atom stereocenters. The maximum atomic E-state index is 13.9. The van der Waals surface area contributed by atoms with Crippen LogP contribution in [0.25, 0.3) is 6.08 Å².